The summed E-state index contributed by atoms with van der Waals surface area (Å²) in [5.41, 5.74) is 0.225. The van der Waals surface area contributed by atoms with Crippen molar-refractivity contribution in [1.82, 2.24) is 0 Å². The Balaban J connectivity index is 1.82. The second-order valence-electron chi connectivity index (χ2n) is 6.29. The molecule has 0 N–H and O–H groups in total. The molecular formula is C17H18Cl2O3. The topological polar surface area (TPSA) is 35.5 Å². The van der Waals surface area contributed by atoms with Gasteiger partial charge in [-0.25, -0.2) is 9.78 Å². The minimum atomic E-state index is -0.630. The fourth-order valence-electron chi connectivity index (χ4n) is 3.05. The number of carbonyl (C=O) groups excluding carboxylic acids is 1. The molecule has 1 saturated heterocycles. The number of fused-ring (bicyclic) bond motifs is 2. The molecule has 5 heteroatoms. The molecule has 0 spiro atoms. The van der Waals surface area contributed by atoms with Gasteiger partial charge in [0.2, 0.25) is 0 Å². The Bertz CT molecular complexity index is 628. The van der Waals surface area contributed by atoms with E-state index in [9.17, 15) is 4.79 Å². The number of rotatable bonds is 2. The molecule has 1 saturated carbocycles. The molecule has 0 aromatic heterocycles. The van der Waals surface area contributed by atoms with Gasteiger partial charge in [0, 0.05) is 28.3 Å². The maximum Gasteiger partial charge on any atom is 0.138 e. The van der Waals surface area contributed by atoms with Crippen molar-refractivity contribution < 1.29 is 14.6 Å². The average molecular weight is 341 g/mol. The molecule has 0 unspecified atom stereocenters. The molecular weight excluding hydrogens is 323 g/mol. The monoisotopic (exact) mass is 340 g/mol. The number of hydrogen-bond donors (Lipinski definition) is 0. The van der Waals surface area contributed by atoms with Gasteiger partial charge in [-0.1, -0.05) is 42.3 Å². The van der Waals surface area contributed by atoms with E-state index in [1.165, 1.54) is 0 Å². The molecule has 4 atom stereocenters. The highest BCUT2D eigenvalue weighted by molar-refractivity contribution is 6.35. The van der Waals surface area contributed by atoms with Gasteiger partial charge in [-0.2, -0.15) is 0 Å². The van der Waals surface area contributed by atoms with E-state index < -0.39 is 5.60 Å². The third kappa shape index (κ3) is 2.95. The van der Waals surface area contributed by atoms with Crippen molar-refractivity contribution in [2.24, 2.45) is 11.8 Å². The number of halogens is 2. The summed E-state index contributed by atoms with van der Waals surface area (Å²) in [5.74, 6) is 0.279. The highest BCUT2D eigenvalue weighted by Crippen LogP contribution is 2.43. The smallest absolute Gasteiger partial charge is 0.138 e. The lowest BCUT2D eigenvalue weighted by atomic mass is 9.71. The van der Waals surface area contributed by atoms with Crippen LogP contribution in [0.4, 0.5) is 0 Å². The lowest BCUT2D eigenvalue weighted by molar-refractivity contribution is -0.415. The molecule has 22 heavy (non-hydrogen) atoms. The largest absolute Gasteiger partial charge is 0.299 e. The maximum atomic E-state index is 12.1. The zero-order chi connectivity index (χ0) is 15.9. The normalized spacial score (nSPS) is 35.1. The van der Waals surface area contributed by atoms with E-state index in [4.69, 9.17) is 33.0 Å². The Hall–Kier alpha value is -0.870. The van der Waals surface area contributed by atoms with Crippen LogP contribution in [-0.2, 0) is 14.6 Å². The van der Waals surface area contributed by atoms with Crippen molar-refractivity contribution in [2.75, 3.05) is 0 Å². The van der Waals surface area contributed by atoms with Gasteiger partial charge >= 0.3 is 0 Å². The van der Waals surface area contributed by atoms with Crippen LogP contribution in [0.15, 0.2) is 24.3 Å². The zero-order valence-electron chi connectivity index (χ0n) is 12.5. The molecule has 1 aliphatic carbocycles. The van der Waals surface area contributed by atoms with Gasteiger partial charge < -0.3 is 0 Å². The number of benzene rings is 1. The third-order valence-electron chi connectivity index (χ3n) is 4.75. The van der Waals surface area contributed by atoms with E-state index >= 15 is 0 Å². The SMILES string of the molecule is C[C@H]1C(=O)C[C@@H]2C[C@H]1OO[C@@]2(C)/C=C\c1ccc(Cl)cc1Cl. The summed E-state index contributed by atoms with van der Waals surface area (Å²) in [6.45, 7) is 3.84. The Kier molecular flexibility index (Phi) is 4.34. The van der Waals surface area contributed by atoms with Gasteiger partial charge in [0.1, 0.15) is 17.5 Å². The Morgan fingerprint density at radius 3 is 2.86 bits per heavy atom. The van der Waals surface area contributed by atoms with Crippen LogP contribution >= 0.6 is 23.2 Å². The summed E-state index contributed by atoms with van der Waals surface area (Å²) in [4.78, 5) is 23.2. The second kappa shape index (κ2) is 5.97. The molecule has 2 aliphatic rings. The van der Waals surface area contributed by atoms with Crippen LogP contribution in [0, 0.1) is 11.8 Å². The van der Waals surface area contributed by atoms with Crippen LogP contribution in [0.1, 0.15) is 32.3 Å². The highest BCUT2D eigenvalue weighted by Gasteiger charge is 2.48. The lowest BCUT2D eigenvalue weighted by Gasteiger charge is -2.45. The van der Waals surface area contributed by atoms with Crippen molar-refractivity contribution in [2.45, 2.75) is 38.4 Å². The molecule has 2 fully saturated rings. The van der Waals surface area contributed by atoms with Crippen LogP contribution in [0.3, 0.4) is 0 Å². The van der Waals surface area contributed by atoms with E-state index in [0.717, 1.165) is 12.0 Å². The molecule has 118 valence electrons. The highest BCUT2D eigenvalue weighted by atomic mass is 35.5. The molecule has 1 aromatic carbocycles. The summed E-state index contributed by atoms with van der Waals surface area (Å²) in [5, 5.41) is 1.18. The Morgan fingerprint density at radius 2 is 2.14 bits per heavy atom. The van der Waals surface area contributed by atoms with E-state index in [-0.39, 0.29) is 23.7 Å². The number of carbonyl (C=O) groups is 1. The number of ketones is 1. The fraction of sp³-hybridized carbons (Fsp3) is 0.471. The summed E-state index contributed by atoms with van der Waals surface area (Å²) in [7, 11) is 0. The Labute approximate surface area is 140 Å². The molecule has 3 nitrogen and oxygen atoms in total. The molecule has 1 aromatic rings. The Morgan fingerprint density at radius 1 is 1.36 bits per heavy atom. The van der Waals surface area contributed by atoms with Gasteiger partial charge in [-0.3, -0.25) is 4.79 Å². The standard InChI is InChI=1S/C17H18Cl2O3/c1-10-15(20)7-12-8-16(10)21-22-17(12,2)6-5-11-3-4-13(18)9-14(11)19/h3-6,9-10,12,16H,7-8H2,1-2H3/b6-5-/t10-,12+,16+,17-/m0/s1. The first-order valence-electron chi connectivity index (χ1n) is 7.40. The maximum absolute atomic E-state index is 12.1. The van der Waals surface area contributed by atoms with E-state index in [1.54, 1.807) is 12.1 Å². The van der Waals surface area contributed by atoms with Gasteiger partial charge in [0.25, 0.3) is 0 Å². The minimum Gasteiger partial charge on any atom is -0.299 e. The zero-order valence-corrected chi connectivity index (χ0v) is 14.0. The fourth-order valence-corrected chi connectivity index (χ4v) is 3.52. The van der Waals surface area contributed by atoms with Crippen molar-refractivity contribution in [3.63, 3.8) is 0 Å². The van der Waals surface area contributed by atoms with E-state index in [2.05, 4.69) is 0 Å². The van der Waals surface area contributed by atoms with Crippen LogP contribution in [-0.4, -0.2) is 17.5 Å². The molecule has 0 amide bonds. The summed E-state index contributed by atoms with van der Waals surface area (Å²) >= 11 is 12.1. The van der Waals surface area contributed by atoms with E-state index in [0.29, 0.717) is 16.5 Å². The first kappa shape index (κ1) is 16.0. The minimum absolute atomic E-state index is 0.0875. The molecule has 2 bridgehead atoms. The molecule has 1 heterocycles. The lowest BCUT2D eigenvalue weighted by Crippen LogP contribution is -2.51. The summed E-state index contributed by atoms with van der Waals surface area (Å²) in [6, 6.07) is 5.34. The number of Topliss-reactive ketones (excluding diaryl/α,β-unsaturated/α-hetero) is 1. The van der Waals surface area contributed by atoms with Crippen molar-refractivity contribution >= 4 is 35.1 Å². The van der Waals surface area contributed by atoms with Crippen LogP contribution in [0.25, 0.3) is 6.08 Å². The van der Waals surface area contributed by atoms with Gasteiger partial charge in [0.05, 0.1) is 0 Å². The first-order valence-corrected chi connectivity index (χ1v) is 8.16. The van der Waals surface area contributed by atoms with Crippen molar-refractivity contribution in [3.8, 4) is 0 Å². The van der Waals surface area contributed by atoms with Crippen LogP contribution < -0.4 is 0 Å². The van der Waals surface area contributed by atoms with Gasteiger partial charge in [0.15, 0.2) is 0 Å². The summed E-state index contributed by atoms with van der Waals surface area (Å²) in [6.07, 6.45) is 5.04. The second-order valence-corrected chi connectivity index (χ2v) is 7.14. The van der Waals surface area contributed by atoms with Crippen LogP contribution in [0.2, 0.25) is 10.0 Å². The summed E-state index contributed by atoms with van der Waals surface area (Å²) < 4.78 is 0. The quantitative estimate of drug-likeness (QED) is 0.731. The average Bonchev–Trinajstić information content (AvgIpc) is 2.47. The predicted octanol–water partition coefficient (Wildman–Crippen LogP) is 4.71. The van der Waals surface area contributed by atoms with E-state index in [1.807, 2.05) is 32.1 Å². The predicted molar refractivity (Wildman–Crippen MR) is 86.8 cm³/mol. The molecule has 1 aliphatic heterocycles. The van der Waals surface area contributed by atoms with Gasteiger partial charge in [-0.05, 0) is 37.1 Å². The number of hydrogen-bond acceptors (Lipinski definition) is 3. The van der Waals surface area contributed by atoms with Crippen molar-refractivity contribution in [3.05, 3.63) is 39.9 Å². The molecule has 0 radical (unpaired) electrons. The van der Waals surface area contributed by atoms with Crippen LogP contribution in [0.5, 0.6) is 0 Å². The molecule has 3 rings (SSSR count). The first-order chi connectivity index (χ1) is 10.4. The third-order valence-corrected chi connectivity index (χ3v) is 5.31. The van der Waals surface area contributed by atoms with Gasteiger partial charge in [-0.15, -0.1) is 0 Å². The van der Waals surface area contributed by atoms with Crippen molar-refractivity contribution in [1.29, 1.82) is 0 Å².